The molecule has 0 saturated carbocycles. The van der Waals surface area contributed by atoms with Gasteiger partial charge in [0, 0.05) is 18.9 Å². The number of hydrogen-bond acceptors (Lipinski definition) is 2. The summed E-state index contributed by atoms with van der Waals surface area (Å²) < 4.78 is 1.82. The first-order chi connectivity index (χ1) is 7.63. The first-order valence-corrected chi connectivity index (χ1v) is 5.44. The highest BCUT2D eigenvalue weighted by Gasteiger charge is 1.98. The number of hydrogen-bond donors (Lipinski definition) is 1. The number of aryl methyl sites for hydroxylation is 3. The lowest BCUT2D eigenvalue weighted by Gasteiger charge is -2.07. The fourth-order valence-corrected chi connectivity index (χ4v) is 1.83. The van der Waals surface area contributed by atoms with E-state index in [9.17, 15) is 0 Å². The Balaban J connectivity index is 2.04. The molecule has 0 bridgehead atoms. The highest BCUT2D eigenvalue weighted by Crippen LogP contribution is 2.14. The van der Waals surface area contributed by atoms with Crippen LogP contribution in [0.3, 0.4) is 0 Å². The van der Waals surface area contributed by atoms with Crippen LogP contribution in [0.2, 0.25) is 0 Å². The number of aromatic nitrogens is 2. The third-order valence-corrected chi connectivity index (χ3v) is 2.46. The minimum absolute atomic E-state index is 0.768. The molecule has 16 heavy (non-hydrogen) atoms. The summed E-state index contributed by atoms with van der Waals surface area (Å²) in [5.74, 6) is 0. The molecule has 1 heterocycles. The number of anilines is 1. The maximum absolute atomic E-state index is 4.32. The van der Waals surface area contributed by atoms with Crippen molar-refractivity contribution < 1.29 is 0 Å². The zero-order valence-electron chi connectivity index (χ0n) is 9.99. The molecule has 1 N–H and O–H groups in total. The molecule has 84 valence electrons. The number of nitrogens with zero attached hydrogens (tertiary/aromatic N) is 2. The lowest BCUT2D eigenvalue weighted by Crippen LogP contribution is -2.01. The minimum atomic E-state index is 0.768. The van der Waals surface area contributed by atoms with Gasteiger partial charge in [0.1, 0.15) is 0 Å². The summed E-state index contributed by atoms with van der Waals surface area (Å²) in [6, 6.07) is 8.49. The van der Waals surface area contributed by atoms with Crippen molar-refractivity contribution in [3.05, 3.63) is 47.3 Å². The van der Waals surface area contributed by atoms with Gasteiger partial charge in [0.05, 0.1) is 12.2 Å². The third kappa shape index (κ3) is 2.63. The van der Waals surface area contributed by atoms with Crippen LogP contribution >= 0.6 is 0 Å². The van der Waals surface area contributed by atoms with Gasteiger partial charge in [0.2, 0.25) is 0 Å². The second-order valence-electron chi connectivity index (χ2n) is 4.21. The van der Waals surface area contributed by atoms with Crippen LogP contribution in [0.1, 0.15) is 16.8 Å². The predicted molar refractivity (Wildman–Crippen MR) is 66.5 cm³/mol. The van der Waals surface area contributed by atoms with Gasteiger partial charge in [-0.3, -0.25) is 4.68 Å². The second kappa shape index (κ2) is 4.39. The highest BCUT2D eigenvalue weighted by molar-refractivity contribution is 5.48. The molecule has 3 nitrogen and oxygen atoms in total. The summed E-state index contributed by atoms with van der Waals surface area (Å²) in [4.78, 5) is 0. The standard InChI is InChI=1S/C13H17N3/c1-10-6-11(2)8-13(7-10)14-9-12-4-5-16(3)15-12/h4-8,14H,9H2,1-3H3. The number of rotatable bonds is 3. The van der Waals surface area contributed by atoms with Crippen LogP contribution < -0.4 is 5.32 Å². The van der Waals surface area contributed by atoms with Gasteiger partial charge in [-0.1, -0.05) is 6.07 Å². The van der Waals surface area contributed by atoms with Crippen molar-refractivity contribution in [3.8, 4) is 0 Å². The van der Waals surface area contributed by atoms with Gasteiger partial charge in [-0.15, -0.1) is 0 Å². The van der Waals surface area contributed by atoms with E-state index < -0.39 is 0 Å². The average molecular weight is 215 g/mol. The molecule has 2 rings (SSSR count). The average Bonchev–Trinajstić information content (AvgIpc) is 2.60. The summed E-state index contributed by atoms with van der Waals surface area (Å²) >= 11 is 0. The monoisotopic (exact) mass is 215 g/mol. The van der Waals surface area contributed by atoms with Crippen LogP contribution in [0.25, 0.3) is 0 Å². The van der Waals surface area contributed by atoms with Crippen molar-refractivity contribution in [2.75, 3.05) is 5.32 Å². The zero-order chi connectivity index (χ0) is 11.5. The number of nitrogens with one attached hydrogen (secondary N) is 1. The molecule has 1 aromatic heterocycles. The molecule has 2 aromatic rings. The third-order valence-electron chi connectivity index (χ3n) is 2.46. The van der Waals surface area contributed by atoms with Crippen molar-refractivity contribution in [2.45, 2.75) is 20.4 Å². The van der Waals surface area contributed by atoms with Gasteiger partial charge in [-0.25, -0.2) is 0 Å². The molecular formula is C13H17N3. The van der Waals surface area contributed by atoms with E-state index in [0.29, 0.717) is 0 Å². The Hall–Kier alpha value is -1.77. The zero-order valence-corrected chi connectivity index (χ0v) is 9.99. The fourth-order valence-electron chi connectivity index (χ4n) is 1.83. The summed E-state index contributed by atoms with van der Waals surface area (Å²) in [7, 11) is 1.93. The Kier molecular flexibility index (Phi) is 2.95. The van der Waals surface area contributed by atoms with E-state index in [1.165, 1.54) is 11.1 Å². The van der Waals surface area contributed by atoms with Crippen molar-refractivity contribution in [1.29, 1.82) is 0 Å². The van der Waals surface area contributed by atoms with E-state index in [1.54, 1.807) is 0 Å². The van der Waals surface area contributed by atoms with E-state index in [4.69, 9.17) is 0 Å². The van der Waals surface area contributed by atoms with Crippen LogP contribution in [0.5, 0.6) is 0 Å². The maximum atomic E-state index is 4.32. The van der Waals surface area contributed by atoms with E-state index in [-0.39, 0.29) is 0 Å². The Bertz CT molecular complexity index is 465. The molecular weight excluding hydrogens is 198 g/mol. The smallest absolute Gasteiger partial charge is 0.0815 e. The minimum Gasteiger partial charge on any atom is -0.379 e. The van der Waals surface area contributed by atoms with Gasteiger partial charge in [-0.2, -0.15) is 5.10 Å². The van der Waals surface area contributed by atoms with E-state index in [1.807, 2.05) is 24.0 Å². The van der Waals surface area contributed by atoms with E-state index >= 15 is 0 Å². The Morgan fingerprint density at radius 3 is 2.44 bits per heavy atom. The molecule has 0 aliphatic carbocycles. The van der Waals surface area contributed by atoms with Crippen molar-refractivity contribution in [3.63, 3.8) is 0 Å². The molecule has 0 radical (unpaired) electrons. The molecule has 1 aromatic carbocycles. The Morgan fingerprint density at radius 1 is 1.19 bits per heavy atom. The molecule has 0 aliphatic rings. The quantitative estimate of drug-likeness (QED) is 0.853. The fraction of sp³-hybridized carbons (Fsp3) is 0.308. The molecule has 0 aliphatic heterocycles. The van der Waals surface area contributed by atoms with E-state index in [0.717, 1.165) is 17.9 Å². The summed E-state index contributed by atoms with van der Waals surface area (Å²) in [5.41, 5.74) is 4.77. The van der Waals surface area contributed by atoms with Gasteiger partial charge >= 0.3 is 0 Å². The van der Waals surface area contributed by atoms with Gasteiger partial charge in [-0.05, 0) is 43.2 Å². The van der Waals surface area contributed by atoms with Crippen LogP contribution in [-0.4, -0.2) is 9.78 Å². The van der Waals surface area contributed by atoms with Crippen molar-refractivity contribution in [1.82, 2.24) is 9.78 Å². The first-order valence-electron chi connectivity index (χ1n) is 5.44. The molecule has 0 amide bonds. The lowest BCUT2D eigenvalue weighted by molar-refractivity contribution is 0.747. The summed E-state index contributed by atoms with van der Waals surface area (Å²) in [6.45, 7) is 4.99. The highest BCUT2D eigenvalue weighted by atomic mass is 15.3. The molecule has 0 saturated heterocycles. The maximum Gasteiger partial charge on any atom is 0.0815 e. The summed E-state index contributed by atoms with van der Waals surface area (Å²) in [5, 5.41) is 7.70. The SMILES string of the molecule is Cc1cc(C)cc(NCc2ccn(C)n2)c1. The van der Waals surface area contributed by atoms with Gasteiger partial charge < -0.3 is 5.32 Å². The van der Waals surface area contributed by atoms with Crippen molar-refractivity contribution >= 4 is 5.69 Å². The number of benzene rings is 1. The summed E-state index contributed by atoms with van der Waals surface area (Å²) in [6.07, 6.45) is 1.96. The van der Waals surface area contributed by atoms with Crippen molar-refractivity contribution in [2.24, 2.45) is 7.05 Å². The largest absolute Gasteiger partial charge is 0.379 e. The van der Waals surface area contributed by atoms with Gasteiger partial charge in [0.25, 0.3) is 0 Å². The van der Waals surface area contributed by atoms with Gasteiger partial charge in [0.15, 0.2) is 0 Å². The lowest BCUT2D eigenvalue weighted by atomic mass is 10.1. The van der Waals surface area contributed by atoms with Crippen LogP contribution in [0.4, 0.5) is 5.69 Å². The predicted octanol–water partition coefficient (Wildman–Crippen LogP) is 2.65. The van der Waals surface area contributed by atoms with Crippen LogP contribution in [0.15, 0.2) is 30.5 Å². The topological polar surface area (TPSA) is 29.9 Å². The molecule has 0 fully saturated rings. The molecule has 0 spiro atoms. The second-order valence-corrected chi connectivity index (χ2v) is 4.21. The molecule has 0 atom stereocenters. The van der Waals surface area contributed by atoms with E-state index in [2.05, 4.69) is 42.5 Å². The molecule has 0 unspecified atom stereocenters. The Labute approximate surface area is 96.1 Å². The first kappa shape index (κ1) is 10.7. The molecule has 3 heteroatoms. The normalized spacial score (nSPS) is 10.4. The van der Waals surface area contributed by atoms with Crippen LogP contribution in [-0.2, 0) is 13.6 Å². The van der Waals surface area contributed by atoms with Crippen LogP contribution in [0, 0.1) is 13.8 Å². The Morgan fingerprint density at radius 2 is 1.88 bits per heavy atom.